The predicted molar refractivity (Wildman–Crippen MR) is 90.2 cm³/mol. The van der Waals surface area contributed by atoms with E-state index in [0.29, 0.717) is 10.7 Å². The van der Waals surface area contributed by atoms with Gasteiger partial charge in [-0.15, -0.1) is 11.3 Å². The van der Waals surface area contributed by atoms with Crippen LogP contribution in [0.3, 0.4) is 0 Å². The third-order valence-corrected chi connectivity index (χ3v) is 4.46. The fourth-order valence-corrected chi connectivity index (χ4v) is 3.52. The van der Waals surface area contributed by atoms with Crippen LogP contribution in [0.25, 0.3) is 20.8 Å². The van der Waals surface area contributed by atoms with Crippen LogP contribution in [0, 0.1) is 0 Å². The minimum atomic E-state index is -0.195. The van der Waals surface area contributed by atoms with E-state index in [0.717, 1.165) is 20.8 Å². The maximum Gasteiger partial charge on any atom is 0.247 e. The Morgan fingerprint density at radius 3 is 2.77 bits per heavy atom. The molecule has 0 aliphatic heterocycles. The Morgan fingerprint density at radius 1 is 1.27 bits per heavy atom. The highest BCUT2D eigenvalue weighted by molar-refractivity contribution is 7.21. The maximum atomic E-state index is 11.7. The highest BCUT2D eigenvalue weighted by atomic mass is 35.5. The van der Waals surface area contributed by atoms with Crippen LogP contribution in [-0.2, 0) is 9.63 Å². The van der Waals surface area contributed by atoms with Gasteiger partial charge >= 0.3 is 0 Å². The van der Waals surface area contributed by atoms with Crippen molar-refractivity contribution >= 4 is 44.7 Å². The number of nitrogens with zero attached hydrogens (tertiary/aromatic N) is 2. The zero-order valence-corrected chi connectivity index (χ0v) is 13.6. The van der Waals surface area contributed by atoms with E-state index < -0.39 is 0 Å². The molecule has 0 atom stereocenters. The molecule has 0 saturated carbocycles. The zero-order chi connectivity index (χ0) is 15.7. The molecule has 3 rings (SSSR count). The monoisotopic (exact) mass is 332 g/mol. The molecule has 22 heavy (non-hydrogen) atoms. The Hall–Kier alpha value is -1.95. The van der Waals surface area contributed by atoms with E-state index in [9.17, 15) is 4.79 Å². The molecule has 2 aromatic carbocycles. The van der Waals surface area contributed by atoms with Crippen molar-refractivity contribution in [3.8, 4) is 10.6 Å². The first-order valence-corrected chi connectivity index (χ1v) is 7.80. The summed E-state index contributed by atoms with van der Waals surface area (Å²) in [6.45, 7) is 1.46. The molecule has 0 aliphatic rings. The minimum absolute atomic E-state index is 0.195. The molecule has 1 amide bonds. The van der Waals surface area contributed by atoms with Crippen LogP contribution in [-0.4, -0.2) is 18.0 Å². The van der Waals surface area contributed by atoms with Crippen molar-refractivity contribution < 1.29 is 9.63 Å². The Morgan fingerprint density at radius 2 is 2.05 bits per heavy atom. The number of hydrogen-bond donors (Lipinski definition) is 0. The zero-order valence-electron chi connectivity index (χ0n) is 12.0. The number of carbonyl (C=O) groups is 1. The van der Waals surface area contributed by atoms with Gasteiger partial charge in [0.25, 0.3) is 0 Å². The first-order valence-electron chi connectivity index (χ1n) is 6.60. The lowest BCUT2D eigenvalue weighted by Gasteiger charge is -2.20. The summed E-state index contributed by atoms with van der Waals surface area (Å²) in [5.74, 6) is -0.195. The van der Waals surface area contributed by atoms with Crippen molar-refractivity contribution in [1.29, 1.82) is 0 Å². The SMILES string of the molecule is CON(C(C)=O)c1ccccc1-c1nc2ccc(Cl)cc2s1. The summed E-state index contributed by atoms with van der Waals surface area (Å²) in [6, 6.07) is 13.1. The van der Waals surface area contributed by atoms with Gasteiger partial charge in [-0.05, 0) is 30.3 Å². The first-order chi connectivity index (χ1) is 10.6. The standard InChI is InChI=1S/C16H13ClN2O2S/c1-10(20)19(21-2)14-6-4-3-5-12(14)16-18-13-8-7-11(17)9-15(13)22-16/h3-9H,1-2H3. The van der Waals surface area contributed by atoms with Gasteiger partial charge in [0, 0.05) is 17.5 Å². The summed E-state index contributed by atoms with van der Waals surface area (Å²) in [4.78, 5) is 21.6. The second kappa shape index (κ2) is 6.04. The number of amides is 1. The first kappa shape index (κ1) is 15.0. The molecule has 0 radical (unpaired) electrons. The van der Waals surface area contributed by atoms with Gasteiger partial charge < -0.3 is 0 Å². The number of hydrogen-bond acceptors (Lipinski definition) is 4. The third-order valence-electron chi connectivity index (χ3n) is 3.17. The number of benzene rings is 2. The molecule has 6 heteroatoms. The van der Waals surface area contributed by atoms with Crippen molar-refractivity contribution in [2.45, 2.75) is 6.92 Å². The van der Waals surface area contributed by atoms with Gasteiger partial charge in [0.1, 0.15) is 5.01 Å². The summed E-state index contributed by atoms with van der Waals surface area (Å²) in [5.41, 5.74) is 2.39. The van der Waals surface area contributed by atoms with E-state index in [1.807, 2.05) is 42.5 Å². The van der Waals surface area contributed by atoms with Crippen molar-refractivity contribution in [2.24, 2.45) is 0 Å². The van der Waals surface area contributed by atoms with E-state index >= 15 is 0 Å². The molecule has 0 unspecified atom stereocenters. The summed E-state index contributed by atoms with van der Waals surface area (Å²) < 4.78 is 1.00. The Labute approximate surface area is 136 Å². The fraction of sp³-hybridized carbons (Fsp3) is 0.125. The lowest BCUT2D eigenvalue weighted by atomic mass is 10.2. The van der Waals surface area contributed by atoms with Crippen LogP contribution in [0.5, 0.6) is 0 Å². The smallest absolute Gasteiger partial charge is 0.247 e. The van der Waals surface area contributed by atoms with Crippen LogP contribution < -0.4 is 5.06 Å². The molecule has 0 aliphatic carbocycles. The van der Waals surface area contributed by atoms with Gasteiger partial charge in [0.05, 0.1) is 23.0 Å². The normalized spacial score (nSPS) is 10.9. The van der Waals surface area contributed by atoms with E-state index in [-0.39, 0.29) is 5.91 Å². The van der Waals surface area contributed by atoms with E-state index in [2.05, 4.69) is 4.98 Å². The molecule has 0 bridgehead atoms. The molecule has 112 valence electrons. The van der Waals surface area contributed by atoms with E-state index in [1.54, 1.807) is 0 Å². The average molecular weight is 333 g/mol. The molecule has 1 heterocycles. The number of para-hydroxylation sites is 1. The van der Waals surface area contributed by atoms with Gasteiger partial charge in [-0.1, -0.05) is 23.7 Å². The van der Waals surface area contributed by atoms with Crippen molar-refractivity contribution in [1.82, 2.24) is 4.98 Å². The number of aromatic nitrogens is 1. The lowest BCUT2D eigenvalue weighted by Crippen LogP contribution is -2.27. The van der Waals surface area contributed by atoms with Crippen LogP contribution in [0.15, 0.2) is 42.5 Å². The van der Waals surface area contributed by atoms with E-state index in [4.69, 9.17) is 16.4 Å². The summed E-state index contributed by atoms with van der Waals surface area (Å²) in [5, 5.41) is 2.75. The third kappa shape index (κ3) is 2.70. The minimum Gasteiger partial charge on any atom is -0.273 e. The molecule has 0 saturated heterocycles. The average Bonchev–Trinajstić information content (AvgIpc) is 2.91. The molecule has 4 nitrogen and oxygen atoms in total. The summed E-state index contributed by atoms with van der Waals surface area (Å²) in [6.07, 6.45) is 0. The number of rotatable bonds is 3. The molecular weight excluding hydrogens is 320 g/mol. The quantitative estimate of drug-likeness (QED) is 0.662. The largest absolute Gasteiger partial charge is 0.273 e. The number of fused-ring (bicyclic) bond motifs is 1. The highest BCUT2D eigenvalue weighted by Gasteiger charge is 2.18. The summed E-state index contributed by atoms with van der Waals surface area (Å²) in [7, 11) is 1.47. The summed E-state index contributed by atoms with van der Waals surface area (Å²) >= 11 is 7.55. The van der Waals surface area contributed by atoms with Crippen LogP contribution in [0.2, 0.25) is 5.02 Å². The van der Waals surface area contributed by atoms with Crippen LogP contribution >= 0.6 is 22.9 Å². The van der Waals surface area contributed by atoms with Crippen LogP contribution in [0.1, 0.15) is 6.92 Å². The Bertz CT molecular complexity index is 847. The second-order valence-electron chi connectivity index (χ2n) is 4.64. The van der Waals surface area contributed by atoms with Crippen LogP contribution in [0.4, 0.5) is 5.69 Å². The molecule has 3 aromatic rings. The lowest BCUT2D eigenvalue weighted by molar-refractivity contribution is -0.122. The molecule has 1 aromatic heterocycles. The number of thiazole rings is 1. The number of anilines is 1. The molecule has 0 spiro atoms. The highest BCUT2D eigenvalue weighted by Crippen LogP contribution is 2.36. The molecular formula is C16H13ClN2O2S. The Balaban J connectivity index is 2.16. The number of halogens is 1. The van der Waals surface area contributed by atoms with Crippen molar-refractivity contribution in [2.75, 3.05) is 12.2 Å². The topological polar surface area (TPSA) is 42.4 Å². The van der Waals surface area contributed by atoms with Crippen molar-refractivity contribution in [3.63, 3.8) is 0 Å². The van der Waals surface area contributed by atoms with Gasteiger partial charge in [-0.25, -0.2) is 4.98 Å². The fourth-order valence-electron chi connectivity index (χ4n) is 2.24. The number of hydroxylamine groups is 1. The van der Waals surface area contributed by atoms with Crippen molar-refractivity contribution in [3.05, 3.63) is 47.5 Å². The molecule has 0 N–H and O–H groups in total. The Kier molecular flexibility index (Phi) is 4.11. The van der Waals surface area contributed by atoms with Gasteiger partial charge in [-0.2, -0.15) is 5.06 Å². The maximum absolute atomic E-state index is 11.7. The predicted octanol–water partition coefficient (Wildman–Crippen LogP) is 4.53. The van der Waals surface area contributed by atoms with Gasteiger partial charge in [-0.3, -0.25) is 9.63 Å². The molecule has 0 fully saturated rings. The second-order valence-corrected chi connectivity index (χ2v) is 6.11. The van der Waals surface area contributed by atoms with Gasteiger partial charge in [0.15, 0.2) is 0 Å². The van der Waals surface area contributed by atoms with E-state index in [1.165, 1.54) is 30.4 Å². The van der Waals surface area contributed by atoms with Gasteiger partial charge in [0.2, 0.25) is 5.91 Å². The number of carbonyl (C=O) groups excluding carboxylic acids is 1.